The molecule has 1 aliphatic heterocycles. The van der Waals surface area contributed by atoms with Crippen molar-refractivity contribution in [2.75, 3.05) is 5.32 Å². The summed E-state index contributed by atoms with van der Waals surface area (Å²) in [7, 11) is 0. The average Bonchev–Trinajstić information content (AvgIpc) is 2.49. The Morgan fingerprint density at radius 1 is 1.50 bits per heavy atom. The van der Waals surface area contributed by atoms with E-state index in [1.807, 2.05) is 0 Å². The molecule has 0 aliphatic carbocycles. The quantitative estimate of drug-likeness (QED) is 0.694. The summed E-state index contributed by atoms with van der Waals surface area (Å²) in [6.07, 6.45) is 0. The number of benzene rings is 1. The Morgan fingerprint density at radius 2 is 2.21 bits per heavy atom. The van der Waals surface area contributed by atoms with Crippen LogP contribution in [-0.2, 0) is 4.79 Å². The van der Waals surface area contributed by atoms with Gasteiger partial charge >= 0.3 is 0 Å². The zero-order chi connectivity index (χ0) is 10.3. The first kappa shape index (κ1) is 8.80. The van der Waals surface area contributed by atoms with Crippen molar-refractivity contribution in [3.05, 3.63) is 34.0 Å². The van der Waals surface area contributed by atoms with Gasteiger partial charge in [0.25, 0.3) is 5.91 Å². The molecule has 1 amide bonds. The first-order valence-electron chi connectivity index (χ1n) is 4.07. The van der Waals surface area contributed by atoms with Crippen molar-refractivity contribution in [1.82, 2.24) is 0 Å². The number of carbonyl (C=O) groups is 1. The lowest BCUT2D eigenvalue weighted by Gasteiger charge is -2.03. The van der Waals surface area contributed by atoms with E-state index in [1.165, 1.54) is 12.1 Å². The highest BCUT2D eigenvalue weighted by molar-refractivity contribution is 6.03. The summed E-state index contributed by atoms with van der Waals surface area (Å²) in [6, 6.07) is 1.60. The molecule has 0 saturated carbocycles. The molecule has 0 saturated heterocycles. The molecule has 1 heterocycles. The third-order valence-corrected chi connectivity index (χ3v) is 2.33. The van der Waals surface area contributed by atoms with Crippen LogP contribution in [0.4, 0.5) is 10.1 Å². The van der Waals surface area contributed by atoms with Gasteiger partial charge in [-0.1, -0.05) is 11.2 Å². The SMILES string of the molecule is Cc1c(F)ccc2c1NC(=O)C2N=O. The zero-order valence-electron chi connectivity index (χ0n) is 7.37. The van der Waals surface area contributed by atoms with Gasteiger partial charge in [-0.25, -0.2) is 4.39 Å². The Hall–Kier alpha value is -1.78. The van der Waals surface area contributed by atoms with E-state index >= 15 is 0 Å². The molecule has 72 valence electrons. The second kappa shape index (κ2) is 2.87. The summed E-state index contributed by atoms with van der Waals surface area (Å²) in [5, 5.41) is 5.13. The fourth-order valence-corrected chi connectivity index (χ4v) is 1.54. The van der Waals surface area contributed by atoms with E-state index in [0.29, 0.717) is 16.8 Å². The Labute approximate surface area is 79.1 Å². The molecule has 5 heteroatoms. The number of halogens is 1. The topological polar surface area (TPSA) is 58.5 Å². The molecule has 1 aromatic carbocycles. The second-order valence-electron chi connectivity index (χ2n) is 3.13. The monoisotopic (exact) mass is 194 g/mol. The lowest BCUT2D eigenvalue weighted by molar-refractivity contribution is -0.116. The third kappa shape index (κ3) is 1.02. The van der Waals surface area contributed by atoms with Gasteiger partial charge in [-0.3, -0.25) is 4.79 Å². The van der Waals surface area contributed by atoms with Crippen LogP contribution in [0.25, 0.3) is 0 Å². The molecule has 0 spiro atoms. The summed E-state index contributed by atoms with van der Waals surface area (Å²) >= 11 is 0. The van der Waals surface area contributed by atoms with Crippen molar-refractivity contribution < 1.29 is 9.18 Å². The van der Waals surface area contributed by atoms with Crippen molar-refractivity contribution in [3.8, 4) is 0 Å². The van der Waals surface area contributed by atoms with Crippen LogP contribution in [-0.4, -0.2) is 5.91 Å². The summed E-state index contributed by atoms with van der Waals surface area (Å²) in [5.41, 5.74) is 1.16. The molecular weight excluding hydrogens is 187 g/mol. The van der Waals surface area contributed by atoms with Gasteiger partial charge in [0.15, 0.2) is 6.04 Å². The van der Waals surface area contributed by atoms with E-state index in [9.17, 15) is 14.1 Å². The number of amides is 1. The fraction of sp³-hybridized carbons (Fsp3) is 0.222. The molecule has 1 unspecified atom stereocenters. The molecule has 1 N–H and O–H groups in total. The number of nitrogens with one attached hydrogen (secondary N) is 1. The third-order valence-electron chi connectivity index (χ3n) is 2.33. The van der Waals surface area contributed by atoms with E-state index in [-0.39, 0.29) is 0 Å². The van der Waals surface area contributed by atoms with Crippen LogP contribution in [0, 0.1) is 17.6 Å². The first-order chi connectivity index (χ1) is 6.65. The zero-order valence-corrected chi connectivity index (χ0v) is 7.37. The van der Waals surface area contributed by atoms with E-state index in [1.54, 1.807) is 6.92 Å². The molecule has 0 radical (unpaired) electrons. The van der Waals surface area contributed by atoms with Crippen LogP contribution < -0.4 is 5.32 Å². The Morgan fingerprint density at radius 3 is 2.86 bits per heavy atom. The average molecular weight is 194 g/mol. The normalized spacial score (nSPS) is 19.0. The maximum atomic E-state index is 13.1. The van der Waals surface area contributed by atoms with Gasteiger partial charge in [0.2, 0.25) is 0 Å². The molecular formula is C9H7FN2O2. The first-order valence-corrected chi connectivity index (χ1v) is 4.07. The smallest absolute Gasteiger partial charge is 0.257 e. The van der Waals surface area contributed by atoms with Crippen LogP contribution in [0.15, 0.2) is 17.3 Å². The minimum Gasteiger partial charge on any atom is -0.323 e. The number of nitroso groups, excluding NO2 is 1. The highest BCUT2D eigenvalue weighted by atomic mass is 19.1. The number of carbonyl (C=O) groups excluding carboxylic acids is 1. The number of hydrogen-bond donors (Lipinski definition) is 1. The number of rotatable bonds is 1. The predicted octanol–water partition coefficient (Wildman–Crippen LogP) is 1.89. The van der Waals surface area contributed by atoms with Gasteiger partial charge in [0, 0.05) is 11.1 Å². The van der Waals surface area contributed by atoms with Crippen LogP contribution in [0.1, 0.15) is 17.2 Å². The number of fused-ring (bicyclic) bond motifs is 1. The van der Waals surface area contributed by atoms with E-state index < -0.39 is 17.8 Å². The maximum Gasteiger partial charge on any atom is 0.257 e. The molecule has 0 aromatic heterocycles. The highest BCUT2D eigenvalue weighted by Crippen LogP contribution is 2.36. The molecule has 2 rings (SSSR count). The van der Waals surface area contributed by atoms with Crippen molar-refractivity contribution in [2.24, 2.45) is 5.18 Å². The summed E-state index contributed by atoms with van der Waals surface area (Å²) in [6.45, 7) is 1.54. The fourth-order valence-electron chi connectivity index (χ4n) is 1.54. The van der Waals surface area contributed by atoms with Gasteiger partial charge in [-0.2, -0.15) is 0 Å². The Kier molecular flexibility index (Phi) is 1.80. The van der Waals surface area contributed by atoms with E-state index in [4.69, 9.17) is 0 Å². The van der Waals surface area contributed by atoms with Crippen molar-refractivity contribution in [2.45, 2.75) is 13.0 Å². The minimum absolute atomic E-state index is 0.335. The molecule has 0 fully saturated rings. The standard InChI is InChI=1S/C9H7FN2O2/c1-4-6(10)3-2-5-7(4)11-9(13)8(5)12-14/h2-3,8H,1H3,(H,11,13). The Balaban J connectivity index is 2.63. The van der Waals surface area contributed by atoms with Gasteiger partial charge < -0.3 is 5.32 Å². The molecule has 0 bridgehead atoms. The number of nitrogens with zero attached hydrogens (tertiary/aromatic N) is 1. The molecule has 1 aromatic rings. The molecule has 14 heavy (non-hydrogen) atoms. The van der Waals surface area contributed by atoms with Gasteiger partial charge in [-0.05, 0) is 13.0 Å². The van der Waals surface area contributed by atoms with Crippen LogP contribution >= 0.6 is 0 Å². The van der Waals surface area contributed by atoms with Gasteiger partial charge in [-0.15, -0.1) is 4.91 Å². The van der Waals surface area contributed by atoms with E-state index in [0.717, 1.165) is 0 Å². The predicted molar refractivity (Wildman–Crippen MR) is 48.3 cm³/mol. The Bertz CT molecular complexity index is 431. The molecule has 4 nitrogen and oxygen atoms in total. The molecule has 1 aliphatic rings. The van der Waals surface area contributed by atoms with Crippen LogP contribution in [0.5, 0.6) is 0 Å². The van der Waals surface area contributed by atoms with Gasteiger partial charge in [0.05, 0.1) is 5.69 Å². The van der Waals surface area contributed by atoms with Gasteiger partial charge in [0.1, 0.15) is 5.82 Å². The van der Waals surface area contributed by atoms with Crippen LogP contribution in [0.2, 0.25) is 0 Å². The summed E-state index contributed by atoms with van der Waals surface area (Å²) in [4.78, 5) is 21.6. The van der Waals surface area contributed by atoms with Crippen molar-refractivity contribution in [3.63, 3.8) is 0 Å². The van der Waals surface area contributed by atoms with E-state index in [2.05, 4.69) is 10.5 Å². The lowest BCUT2D eigenvalue weighted by atomic mass is 10.1. The highest BCUT2D eigenvalue weighted by Gasteiger charge is 2.33. The minimum atomic E-state index is -1.04. The summed E-state index contributed by atoms with van der Waals surface area (Å²) in [5.74, 6) is -0.903. The largest absolute Gasteiger partial charge is 0.323 e. The van der Waals surface area contributed by atoms with Crippen molar-refractivity contribution >= 4 is 11.6 Å². The van der Waals surface area contributed by atoms with Crippen molar-refractivity contribution in [1.29, 1.82) is 0 Å². The lowest BCUT2D eigenvalue weighted by Crippen LogP contribution is -2.09. The number of hydrogen-bond acceptors (Lipinski definition) is 3. The van der Waals surface area contributed by atoms with Crippen LogP contribution in [0.3, 0.4) is 0 Å². The number of anilines is 1. The maximum absolute atomic E-state index is 13.1. The second-order valence-corrected chi connectivity index (χ2v) is 3.13. The molecule has 1 atom stereocenters. The summed E-state index contributed by atoms with van der Waals surface area (Å²) < 4.78 is 13.1.